The van der Waals surface area contributed by atoms with E-state index in [1.165, 1.54) is 5.52 Å². The SMILES string of the molecule is CC(C)N1CCn2c(cc3ccccc32)C1=O. The molecule has 0 aliphatic carbocycles. The smallest absolute Gasteiger partial charge is 0.270 e. The molecule has 2 aromatic rings. The first kappa shape index (κ1) is 10.4. The summed E-state index contributed by atoms with van der Waals surface area (Å²) in [4.78, 5) is 14.3. The molecule has 3 rings (SSSR count). The molecule has 0 atom stereocenters. The lowest BCUT2D eigenvalue weighted by atomic mass is 10.2. The quantitative estimate of drug-likeness (QED) is 0.736. The van der Waals surface area contributed by atoms with Crippen molar-refractivity contribution in [3.05, 3.63) is 36.0 Å². The molecule has 0 radical (unpaired) electrons. The van der Waals surface area contributed by atoms with E-state index in [1.54, 1.807) is 0 Å². The lowest BCUT2D eigenvalue weighted by Crippen LogP contribution is -2.43. The Bertz CT molecular complexity index is 583. The Morgan fingerprint density at radius 3 is 2.71 bits per heavy atom. The normalized spacial score (nSPS) is 15.7. The number of hydrogen-bond acceptors (Lipinski definition) is 1. The van der Waals surface area contributed by atoms with Gasteiger partial charge >= 0.3 is 0 Å². The van der Waals surface area contributed by atoms with E-state index in [-0.39, 0.29) is 11.9 Å². The maximum Gasteiger partial charge on any atom is 0.270 e. The van der Waals surface area contributed by atoms with Crippen LogP contribution in [-0.2, 0) is 6.54 Å². The Morgan fingerprint density at radius 2 is 1.94 bits per heavy atom. The highest BCUT2D eigenvalue weighted by Gasteiger charge is 2.27. The maximum atomic E-state index is 12.3. The molecule has 0 saturated heterocycles. The van der Waals surface area contributed by atoms with Gasteiger partial charge in [0.1, 0.15) is 5.69 Å². The van der Waals surface area contributed by atoms with Crippen LogP contribution in [0.1, 0.15) is 24.3 Å². The number of hydrogen-bond donors (Lipinski definition) is 0. The first-order valence-corrected chi connectivity index (χ1v) is 6.08. The lowest BCUT2D eigenvalue weighted by Gasteiger charge is -2.31. The summed E-state index contributed by atoms with van der Waals surface area (Å²) in [5.41, 5.74) is 1.99. The van der Waals surface area contributed by atoms with Gasteiger partial charge in [-0.25, -0.2) is 0 Å². The van der Waals surface area contributed by atoms with Crippen LogP contribution in [0.3, 0.4) is 0 Å². The van der Waals surface area contributed by atoms with Crippen LogP contribution in [0.15, 0.2) is 30.3 Å². The van der Waals surface area contributed by atoms with Crippen LogP contribution in [-0.4, -0.2) is 28.0 Å². The fraction of sp³-hybridized carbons (Fsp3) is 0.357. The second kappa shape index (κ2) is 3.62. The molecule has 0 saturated carbocycles. The topological polar surface area (TPSA) is 25.2 Å². The summed E-state index contributed by atoms with van der Waals surface area (Å²) in [5, 5.41) is 1.15. The van der Waals surface area contributed by atoms with Gasteiger partial charge in [-0.05, 0) is 26.0 Å². The maximum absolute atomic E-state index is 12.3. The van der Waals surface area contributed by atoms with Crippen LogP contribution >= 0.6 is 0 Å². The predicted octanol–water partition coefficient (Wildman–Crippen LogP) is 2.51. The van der Waals surface area contributed by atoms with Crippen LogP contribution < -0.4 is 0 Å². The Balaban J connectivity index is 2.16. The number of carbonyl (C=O) groups is 1. The highest BCUT2D eigenvalue weighted by atomic mass is 16.2. The summed E-state index contributed by atoms with van der Waals surface area (Å²) < 4.78 is 2.14. The molecule has 1 aromatic heterocycles. The zero-order valence-corrected chi connectivity index (χ0v) is 10.2. The number of fused-ring (bicyclic) bond motifs is 3. The van der Waals surface area contributed by atoms with E-state index in [0.717, 1.165) is 24.2 Å². The third-order valence-corrected chi connectivity index (χ3v) is 3.48. The molecule has 17 heavy (non-hydrogen) atoms. The van der Waals surface area contributed by atoms with Crippen molar-refractivity contribution in [2.75, 3.05) is 6.54 Å². The van der Waals surface area contributed by atoms with Crippen LogP contribution in [0.2, 0.25) is 0 Å². The summed E-state index contributed by atoms with van der Waals surface area (Å²) in [6.07, 6.45) is 0. The molecule has 1 aliphatic heterocycles. The van der Waals surface area contributed by atoms with Gasteiger partial charge in [-0.15, -0.1) is 0 Å². The van der Waals surface area contributed by atoms with Gasteiger partial charge in [-0.2, -0.15) is 0 Å². The molecule has 3 heteroatoms. The highest BCUT2D eigenvalue weighted by Crippen LogP contribution is 2.24. The molecule has 0 bridgehead atoms. The van der Waals surface area contributed by atoms with Crippen molar-refractivity contribution in [1.82, 2.24) is 9.47 Å². The molecule has 1 amide bonds. The van der Waals surface area contributed by atoms with Gasteiger partial charge in [0.25, 0.3) is 5.91 Å². The predicted molar refractivity (Wildman–Crippen MR) is 68.1 cm³/mol. The van der Waals surface area contributed by atoms with E-state index >= 15 is 0 Å². The molecule has 88 valence electrons. The zero-order chi connectivity index (χ0) is 12.0. The van der Waals surface area contributed by atoms with E-state index < -0.39 is 0 Å². The standard InChI is InChI=1S/C14H16N2O/c1-10(2)15-7-8-16-12-6-4-3-5-11(12)9-13(16)14(15)17/h3-6,9-10H,7-8H2,1-2H3. The number of rotatable bonds is 1. The van der Waals surface area contributed by atoms with Crippen molar-refractivity contribution < 1.29 is 4.79 Å². The molecule has 0 N–H and O–H groups in total. The second-order valence-corrected chi connectivity index (χ2v) is 4.83. The fourth-order valence-electron chi connectivity index (χ4n) is 2.58. The van der Waals surface area contributed by atoms with E-state index in [2.05, 4.69) is 30.5 Å². The first-order chi connectivity index (χ1) is 8.18. The Labute approximate surface area is 101 Å². The Morgan fingerprint density at radius 1 is 1.18 bits per heavy atom. The summed E-state index contributed by atoms with van der Waals surface area (Å²) >= 11 is 0. The van der Waals surface area contributed by atoms with E-state index in [9.17, 15) is 4.79 Å². The second-order valence-electron chi connectivity index (χ2n) is 4.83. The first-order valence-electron chi connectivity index (χ1n) is 6.08. The third kappa shape index (κ3) is 1.46. The van der Waals surface area contributed by atoms with Gasteiger partial charge in [0, 0.05) is 30.0 Å². The largest absolute Gasteiger partial charge is 0.335 e. The lowest BCUT2D eigenvalue weighted by molar-refractivity contribution is 0.0652. The number of aromatic nitrogens is 1. The molecule has 0 fully saturated rings. The van der Waals surface area contributed by atoms with Crippen molar-refractivity contribution in [3.8, 4) is 0 Å². The van der Waals surface area contributed by atoms with Gasteiger partial charge < -0.3 is 9.47 Å². The average molecular weight is 228 g/mol. The molecule has 1 aliphatic rings. The van der Waals surface area contributed by atoms with Crippen molar-refractivity contribution in [3.63, 3.8) is 0 Å². The van der Waals surface area contributed by atoms with Crippen molar-refractivity contribution in [2.45, 2.75) is 26.4 Å². The Hall–Kier alpha value is -1.77. The minimum absolute atomic E-state index is 0.155. The van der Waals surface area contributed by atoms with Crippen molar-refractivity contribution in [1.29, 1.82) is 0 Å². The monoisotopic (exact) mass is 228 g/mol. The van der Waals surface area contributed by atoms with E-state index in [4.69, 9.17) is 0 Å². The molecule has 2 heterocycles. The third-order valence-electron chi connectivity index (χ3n) is 3.48. The summed E-state index contributed by atoms with van der Waals surface area (Å²) in [6, 6.07) is 10.5. The van der Waals surface area contributed by atoms with Gasteiger partial charge in [0.15, 0.2) is 0 Å². The Kier molecular flexibility index (Phi) is 2.21. The van der Waals surface area contributed by atoms with Gasteiger partial charge in [-0.3, -0.25) is 4.79 Å². The highest BCUT2D eigenvalue weighted by molar-refractivity contribution is 5.99. The molecule has 0 unspecified atom stereocenters. The minimum atomic E-state index is 0.155. The van der Waals surface area contributed by atoms with Gasteiger partial charge in [0.2, 0.25) is 0 Å². The fourth-order valence-corrected chi connectivity index (χ4v) is 2.58. The molecule has 3 nitrogen and oxygen atoms in total. The number of carbonyl (C=O) groups excluding carboxylic acids is 1. The minimum Gasteiger partial charge on any atom is -0.335 e. The summed E-state index contributed by atoms with van der Waals surface area (Å²) in [7, 11) is 0. The van der Waals surface area contributed by atoms with Gasteiger partial charge in [0.05, 0.1) is 0 Å². The molecular weight excluding hydrogens is 212 g/mol. The van der Waals surface area contributed by atoms with Crippen LogP contribution in [0.25, 0.3) is 10.9 Å². The van der Waals surface area contributed by atoms with Crippen molar-refractivity contribution in [2.24, 2.45) is 0 Å². The number of amides is 1. The zero-order valence-electron chi connectivity index (χ0n) is 10.2. The molecular formula is C14H16N2O. The molecule has 1 aromatic carbocycles. The van der Waals surface area contributed by atoms with Crippen LogP contribution in [0.4, 0.5) is 0 Å². The van der Waals surface area contributed by atoms with Crippen LogP contribution in [0.5, 0.6) is 0 Å². The number of nitrogens with zero attached hydrogens (tertiary/aromatic N) is 2. The number of para-hydroxylation sites is 1. The van der Waals surface area contributed by atoms with Crippen molar-refractivity contribution >= 4 is 16.8 Å². The van der Waals surface area contributed by atoms with E-state index in [0.29, 0.717) is 0 Å². The van der Waals surface area contributed by atoms with Crippen LogP contribution in [0, 0.1) is 0 Å². The summed E-state index contributed by atoms with van der Waals surface area (Å²) in [5.74, 6) is 0.155. The van der Waals surface area contributed by atoms with E-state index in [1.807, 2.05) is 23.1 Å². The van der Waals surface area contributed by atoms with Gasteiger partial charge in [-0.1, -0.05) is 18.2 Å². The summed E-state index contributed by atoms with van der Waals surface area (Å²) in [6.45, 7) is 5.83. The average Bonchev–Trinajstić information content (AvgIpc) is 2.69. The number of benzene rings is 1. The molecule has 0 spiro atoms.